The lowest BCUT2D eigenvalue weighted by molar-refractivity contribution is 0.291. The fraction of sp³-hybridized carbons (Fsp3) is 0.375. The van der Waals surface area contributed by atoms with Gasteiger partial charge in [0.15, 0.2) is 0 Å². The lowest BCUT2D eigenvalue weighted by Gasteiger charge is -2.20. The smallest absolute Gasteiger partial charge is 0.123 e. The summed E-state index contributed by atoms with van der Waals surface area (Å²) >= 11 is 7.97. The van der Waals surface area contributed by atoms with E-state index < -0.39 is 0 Å². The van der Waals surface area contributed by atoms with Crippen LogP contribution >= 0.6 is 22.9 Å². The van der Waals surface area contributed by atoms with Crippen molar-refractivity contribution in [2.24, 2.45) is 0 Å². The topological polar surface area (TPSA) is 21.3 Å². The predicted octanol–water partition coefficient (Wildman–Crippen LogP) is 4.38. The first kappa shape index (κ1) is 13.9. The fourth-order valence-corrected chi connectivity index (χ4v) is 3.98. The van der Waals surface area contributed by atoms with Gasteiger partial charge in [-0.2, -0.15) is 0 Å². The quantitative estimate of drug-likeness (QED) is 0.908. The lowest BCUT2D eigenvalue weighted by atomic mass is 9.85. The number of hydrogen-bond acceptors (Lipinski definition) is 3. The highest BCUT2D eigenvalue weighted by Crippen LogP contribution is 2.41. The van der Waals surface area contributed by atoms with E-state index in [1.807, 2.05) is 18.5 Å². The summed E-state index contributed by atoms with van der Waals surface area (Å²) in [4.78, 5) is 1.16. The van der Waals surface area contributed by atoms with Crippen molar-refractivity contribution in [3.8, 4) is 5.75 Å². The van der Waals surface area contributed by atoms with Gasteiger partial charge >= 0.3 is 0 Å². The predicted molar refractivity (Wildman–Crippen MR) is 85.2 cm³/mol. The van der Waals surface area contributed by atoms with Crippen molar-refractivity contribution < 1.29 is 4.74 Å². The minimum absolute atomic E-state index is 0.0723. The summed E-state index contributed by atoms with van der Waals surface area (Å²) in [5.41, 5.74) is 2.58. The molecule has 0 saturated heterocycles. The molecule has 0 fully saturated rings. The number of fused-ring (bicyclic) bond motifs is 1. The molecule has 0 spiro atoms. The molecule has 1 aromatic carbocycles. The Kier molecular flexibility index (Phi) is 3.53. The average molecular weight is 308 g/mol. The van der Waals surface area contributed by atoms with Crippen LogP contribution in [0, 0.1) is 0 Å². The van der Waals surface area contributed by atoms with Crippen molar-refractivity contribution in [1.29, 1.82) is 0 Å². The Hall–Kier alpha value is -1.03. The SMILES string of the molecule is CNC(c1ccc2c(c1)C(C)(C)CO2)c1sccc1Cl. The van der Waals surface area contributed by atoms with Gasteiger partial charge in [0.2, 0.25) is 0 Å². The highest BCUT2D eigenvalue weighted by molar-refractivity contribution is 7.10. The number of rotatable bonds is 3. The van der Waals surface area contributed by atoms with E-state index in [1.54, 1.807) is 11.3 Å². The van der Waals surface area contributed by atoms with Gasteiger partial charge in [0, 0.05) is 15.9 Å². The minimum Gasteiger partial charge on any atom is -0.492 e. The van der Waals surface area contributed by atoms with Crippen LogP contribution in [0.1, 0.15) is 35.9 Å². The molecule has 2 heterocycles. The van der Waals surface area contributed by atoms with E-state index in [1.165, 1.54) is 11.1 Å². The number of nitrogens with one attached hydrogen (secondary N) is 1. The Morgan fingerprint density at radius 1 is 1.35 bits per heavy atom. The van der Waals surface area contributed by atoms with Gasteiger partial charge in [-0.05, 0) is 36.2 Å². The second kappa shape index (κ2) is 5.06. The van der Waals surface area contributed by atoms with Crippen molar-refractivity contribution in [3.05, 3.63) is 50.7 Å². The lowest BCUT2D eigenvalue weighted by Crippen LogP contribution is -2.20. The fourth-order valence-electron chi connectivity index (χ4n) is 2.68. The Morgan fingerprint density at radius 2 is 2.15 bits per heavy atom. The molecule has 1 aromatic heterocycles. The molecule has 1 unspecified atom stereocenters. The summed E-state index contributed by atoms with van der Waals surface area (Å²) in [5.74, 6) is 1.01. The monoisotopic (exact) mass is 307 g/mol. The molecule has 1 atom stereocenters. The van der Waals surface area contributed by atoms with E-state index in [2.05, 4.69) is 37.4 Å². The highest BCUT2D eigenvalue weighted by Gasteiger charge is 2.32. The molecule has 106 valence electrons. The van der Waals surface area contributed by atoms with Gasteiger partial charge in [0.1, 0.15) is 5.75 Å². The summed E-state index contributed by atoms with van der Waals surface area (Å²) in [6.45, 7) is 5.18. The van der Waals surface area contributed by atoms with Crippen molar-refractivity contribution in [2.45, 2.75) is 25.3 Å². The summed E-state index contributed by atoms with van der Waals surface area (Å²) in [6.07, 6.45) is 0. The van der Waals surface area contributed by atoms with E-state index in [-0.39, 0.29) is 11.5 Å². The second-order valence-corrected chi connectivity index (χ2v) is 7.14. The maximum atomic E-state index is 6.28. The van der Waals surface area contributed by atoms with Crippen LogP contribution in [0.4, 0.5) is 0 Å². The van der Waals surface area contributed by atoms with E-state index in [0.717, 1.165) is 22.3 Å². The van der Waals surface area contributed by atoms with Gasteiger partial charge < -0.3 is 10.1 Å². The minimum atomic E-state index is 0.0723. The standard InChI is InChI=1S/C16H18ClNOS/c1-16(2)9-19-13-5-4-10(8-11(13)16)14(18-3)15-12(17)6-7-20-15/h4-8,14,18H,9H2,1-3H3. The molecule has 2 nitrogen and oxygen atoms in total. The largest absolute Gasteiger partial charge is 0.492 e. The summed E-state index contributed by atoms with van der Waals surface area (Å²) in [7, 11) is 1.97. The first-order valence-corrected chi connectivity index (χ1v) is 7.96. The maximum absolute atomic E-state index is 6.28. The van der Waals surface area contributed by atoms with Crippen molar-refractivity contribution in [3.63, 3.8) is 0 Å². The molecule has 2 aromatic rings. The molecule has 0 amide bonds. The Labute approximate surface area is 128 Å². The number of hydrogen-bond donors (Lipinski definition) is 1. The van der Waals surface area contributed by atoms with Gasteiger partial charge in [0.25, 0.3) is 0 Å². The molecule has 0 saturated carbocycles. The van der Waals surface area contributed by atoms with Crippen molar-refractivity contribution in [1.82, 2.24) is 5.32 Å². The van der Waals surface area contributed by atoms with Gasteiger partial charge in [-0.25, -0.2) is 0 Å². The molecule has 1 aliphatic heterocycles. The van der Waals surface area contributed by atoms with E-state index in [0.29, 0.717) is 0 Å². The van der Waals surface area contributed by atoms with Crippen LogP contribution in [0.25, 0.3) is 0 Å². The molecule has 20 heavy (non-hydrogen) atoms. The second-order valence-electron chi connectivity index (χ2n) is 5.78. The van der Waals surface area contributed by atoms with Crippen molar-refractivity contribution >= 4 is 22.9 Å². The molecule has 0 bridgehead atoms. The van der Waals surface area contributed by atoms with Gasteiger partial charge in [-0.15, -0.1) is 11.3 Å². The normalized spacial score (nSPS) is 17.6. The Balaban J connectivity index is 2.04. The van der Waals surface area contributed by atoms with Crippen LogP contribution < -0.4 is 10.1 Å². The van der Waals surface area contributed by atoms with Gasteiger partial charge in [0.05, 0.1) is 17.7 Å². The van der Waals surface area contributed by atoms with E-state index in [9.17, 15) is 0 Å². The third-order valence-corrected chi connectivity index (χ3v) is 5.27. The van der Waals surface area contributed by atoms with Crippen LogP contribution in [-0.2, 0) is 5.41 Å². The van der Waals surface area contributed by atoms with Crippen LogP contribution in [0.15, 0.2) is 29.6 Å². The number of halogens is 1. The summed E-state index contributed by atoms with van der Waals surface area (Å²) in [5, 5.41) is 6.22. The van der Waals surface area contributed by atoms with Crippen LogP contribution in [0.5, 0.6) is 5.75 Å². The number of thiophene rings is 1. The van der Waals surface area contributed by atoms with Gasteiger partial charge in [-0.1, -0.05) is 31.5 Å². The summed E-state index contributed by atoms with van der Waals surface area (Å²) in [6, 6.07) is 8.53. The molecular formula is C16H18ClNOS. The van der Waals surface area contributed by atoms with Crippen LogP contribution in [-0.4, -0.2) is 13.7 Å². The zero-order valence-electron chi connectivity index (χ0n) is 11.9. The third-order valence-electron chi connectivity index (χ3n) is 3.85. The first-order chi connectivity index (χ1) is 9.53. The number of benzene rings is 1. The Morgan fingerprint density at radius 3 is 2.80 bits per heavy atom. The maximum Gasteiger partial charge on any atom is 0.123 e. The average Bonchev–Trinajstić information content (AvgIpc) is 2.96. The van der Waals surface area contributed by atoms with Crippen LogP contribution in [0.2, 0.25) is 5.02 Å². The zero-order chi connectivity index (χ0) is 14.3. The molecule has 1 aliphatic rings. The summed E-state index contributed by atoms with van der Waals surface area (Å²) < 4.78 is 5.75. The zero-order valence-corrected chi connectivity index (χ0v) is 13.4. The molecular weight excluding hydrogens is 290 g/mol. The number of ether oxygens (including phenoxy) is 1. The van der Waals surface area contributed by atoms with Gasteiger partial charge in [-0.3, -0.25) is 0 Å². The molecule has 0 radical (unpaired) electrons. The van der Waals surface area contributed by atoms with Crippen molar-refractivity contribution in [2.75, 3.05) is 13.7 Å². The van der Waals surface area contributed by atoms with Crippen LogP contribution in [0.3, 0.4) is 0 Å². The van der Waals surface area contributed by atoms with E-state index in [4.69, 9.17) is 16.3 Å². The third kappa shape index (κ3) is 2.24. The highest BCUT2D eigenvalue weighted by atomic mass is 35.5. The van der Waals surface area contributed by atoms with E-state index >= 15 is 0 Å². The molecule has 1 N–H and O–H groups in total. The molecule has 3 rings (SSSR count). The first-order valence-electron chi connectivity index (χ1n) is 6.70. The molecule has 4 heteroatoms. The molecule has 0 aliphatic carbocycles. The Bertz CT molecular complexity index is 635.